The number of rotatable bonds is 3. The van der Waals surface area contributed by atoms with Crippen molar-refractivity contribution in [3.63, 3.8) is 0 Å². The van der Waals surface area contributed by atoms with Gasteiger partial charge in [0.2, 0.25) is 15.9 Å². The van der Waals surface area contributed by atoms with E-state index >= 15 is 0 Å². The fourth-order valence-corrected chi connectivity index (χ4v) is 5.92. The van der Waals surface area contributed by atoms with Crippen LogP contribution >= 0.6 is 0 Å². The topological polar surface area (TPSA) is 95.2 Å². The molecule has 1 amide bonds. The number of imidazole rings is 1. The molecule has 2 aromatic carbocycles. The minimum atomic E-state index is -3.56. The van der Waals surface area contributed by atoms with Gasteiger partial charge in [-0.1, -0.05) is 12.1 Å². The molecule has 0 bridgehead atoms. The molecule has 1 saturated heterocycles. The third kappa shape index (κ3) is 3.50. The Labute approximate surface area is 175 Å². The molecular weight excluding hydrogens is 400 g/mol. The van der Waals surface area contributed by atoms with Gasteiger partial charge in [-0.15, -0.1) is 0 Å². The van der Waals surface area contributed by atoms with Crippen molar-refractivity contribution in [3.8, 4) is 0 Å². The maximum atomic E-state index is 13.2. The van der Waals surface area contributed by atoms with Crippen LogP contribution in [0.2, 0.25) is 0 Å². The average Bonchev–Trinajstić information content (AvgIpc) is 3.10. The molecule has 0 unspecified atom stereocenters. The van der Waals surface area contributed by atoms with Gasteiger partial charge in [0, 0.05) is 31.1 Å². The first-order chi connectivity index (χ1) is 14.5. The zero-order valence-corrected chi connectivity index (χ0v) is 17.4. The molecule has 0 atom stereocenters. The molecule has 1 fully saturated rings. The number of nitrogens with one attached hydrogen (secondary N) is 2. The van der Waals surface area contributed by atoms with Gasteiger partial charge in [-0.3, -0.25) is 4.79 Å². The summed E-state index contributed by atoms with van der Waals surface area (Å²) in [7, 11) is -3.56. The van der Waals surface area contributed by atoms with Crippen LogP contribution in [0.1, 0.15) is 43.0 Å². The maximum absolute atomic E-state index is 13.2. The molecule has 0 aliphatic carbocycles. The summed E-state index contributed by atoms with van der Waals surface area (Å²) in [6.45, 7) is 0.940. The molecule has 2 aliphatic rings. The lowest BCUT2D eigenvalue weighted by molar-refractivity contribution is -0.116. The monoisotopic (exact) mass is 424 g/mol. The second kappa shape index (κ2) is 7.52. The average molecular weight is 425 g/mol. The smallest absolute Gasteiger partial charge is 0.243 e. The van der Waals surface area contributed by atoms with Crippen LogP contribution in [0.5, 0.6) is 0 Å². The fraction of sp³-hybridized carbons (Fsp3) is 0.364. The number of carbonyl (C=O) groups excluding carboxylic acids is 1. The summed E-state index contributed by atoms with van der Waals surface area (Å²) in [6.07, 6.45) is 3.36. The highest BCUT2D eigenvalue weighted by molar-refractivity contribution is 7.89. The van der Waals surface area contributed by atoms with Crippen molar-refractivity contribution in [1.29, 1.82) is 0 Å². The lowest BCUT2D eigenvalue weighted by Crippen LogP contribution is -2.38. The van der Waals surface area contributed by atoms with Crippen LogP contribution in [0.25, 0.3) is 11.0 Å². The SMILES string of the molecule is O=C1CCCc2cc(S(=O)(=O)N3CCC(c4nc5ccccc5[nH]4)CC3)ccc2N1. The number of para-hydroxylation sites is 2. The molecule has 30 heavy (non-hydrogen) atoms. The number of anilines is 1. The lowest BCUT2D eigenvalue weighted by atomic mass is 9.97. The standard InChI is InChI=1S/C22H24N4O3S/c27-21-7-3-4-16-14-17(8-9-18(16)23-21)30(28,29)26-12-10-15(11-13-26)22-24-19-5-1-2-6-20(19)25-22/h1-2,5-6,8-9,14-15H,3-4,7,10-13H2,(H,23,27)(H,24,25). The third-order valence-electron chi connectivity index (χ3n) is 6.09. The summed E-state index contributed by atoms with van der Waals surface area (Å²) < 4.78 is 28.0. The predicted molar refractivity (Wildman–Crippen MR) is 115 cm³/mol. The van der Waals surface area contributed by atoms with Crippen molar-refractivity contribution in [3.05, 3.63) is 53.9 Å². The van der Waals surface area contributed by atoms with E-state index in [0.29, 0.717) is 30.8 Å². The Morgan fingerprint density at radius 3 is 2.63 bits per heavy atom. The van der Waals surface area contributed by atoms with Gasteiger partial charge in [0.25, 0.3) is 0 Å². The Morgan fingerprint density at radius 2 is 1.83 bits per heavy atom. The number of nitrogens with zero attached hydrogens (tertiary/aromatic N) is 2. The molecule has 1 aromatic heterocycles. The molecule has 7 nitrogen and oxygen atoms in total. The van der Waals surface area contributed by atoms with Crippen LogP contribution < -0.4 is 5.32 Å². The minimum Gasteiger partial charge on any atom is -0.342 e. The first kappa shape index (κ1) is 19.3. The van der Waals surface area contributed by atoms with Crippen LogP contribution in [0.4, 0.5) is 5.69 Å². The second-order valence-corrected chi connectivity index (χ2v) is 9.98. The highest BCUT2D eigenvalue weighted by atomic mass is 32.2. The molecule has 2 N–H and O–H groups in total. The Kier molecular flexibility index (Phi) is 4.83. The zero-order chi connectivity index (χ0) is 20.7. The highest BCUT2D eigenvalue weighted by Crippen LogP contribution is 2.32. The number of piperidine rings is 1. The molecule has 3 heterocycles. The summed E-state index contributed by atoms with van der Waals surface area (Å²) in [5.74, 6) is 1.15. The van der Waals surface area contributed by atoms with Gasteiger partial charge < -0.3 is 10.3 Å². The number of aromatic amines is 1. The Bertz CT molecular complexity index is 1180. The number of H-pyrrole nitrogens is 1. The maximum Gasteiger partial charge on any atom is 0.243 e. The number of hydrogen-bond acceptors (Lipinski definition) is 4. The van der Waals surface area contributed by atoms with Crippen molar-refractivity contribution in [2.45, 2.75) is 42.9 Å². The van der Waals surface area contributed by atoms with Gasteiger partial charge in [0.05, 0.1) is 15.9 Å². The van der Waals surface area contributed by atoms with E-state index < -0.39 is 10.0 Å². The van der Waals surface area contributed by atoms with Crippen LogP contribution in [0, 0.1) is 0 Å². The molecule has 8 heteroatoms. The van der Waals surface area contributed by atoms with E-state index in [4.69, 9.17) is 0 Å². The fourth-order valence-electron chi connectivity index (χ4n) is 4.40. The van der Waals surface area contributed by atoms with Crippen LogP contribution in [0.15, 0.2) is 47.4 Å². The largest absolute Gasteiger partial charge is 0.342 e. The number of amides is 1. The van der Waals surface area contributed by atoms with Crippen LogP contribution in [-0.4, -0.2) is 41.7 Å². The summed E-state index contributed by atoms with van der Waals surface area (Å²) in [5.41, 5.74) is 3.57. The number of sulfonamides is 1. The Balaban J connectivity index is 1.33. The van der Waals surface area contributed by atoms with E-state index in [9.17, 15) is 13.2 Å². The van der Waals surface area contributed by atoms with Crippen LogP contribution in [0.3, 0.4) is 0 Å². The highest BCUT2D eigenvalue weighted by Gasteiger charge is 2.31. The molecule has 0 saturated carbocycles. The normalized spacial score (nSPS) is 18.7. The Hall–Kier alpha value is -2.71. The number of aromatic nitrogens is 2. The third-order valence-corrected chi connectivity index (χ3v) is 7.98. The number of aryl methyl sites for hydroxylation is 1. The molecule has 156 valence electrons. The van der Waals surface area contributed by atoms with E-state index in [1.807, 2.05) is 24.3 Å². The van der Waals surface area contributed by atoms with Gasteiger partial charge in [0.15, 0.2) is 0 Å². The van der Waals surface area contributed by atoms with Gasteiger partial charge in [-0.25, -0.2) is 13.4 Å². The van der Waals surface area contributed by atoms with Crippen molar-refractivity contribution >= 4 is 32.7 Å². The second-order valence-electron chi connectivity index (χ2n) is 8.04. The van der Waals surface area contributed by atoms with Crippen LogP contribution in [-0.2, 0) is 21.2 Å². The number of fused-ring (bicyclic) bond motifs is 2. The first-order valence-corrected chi connectivity index (χ1v) is 11.8. The van der Waals surface area contributed by atoms with E-state index in [0.717, 1.165) is 47.4 Å². The molecule has 3 aromatic rings. The first-order valence-electron chi connectivity index (χ1n) is 10.4. The zero-order valence-electron chi connectivity index (χ0n) is 16.6. The number of hydrogen-bond donors (Lipinski definition) is 2. The summed E-state index contributed by atoms with van der Waals surface area (Å²) in [5, 5.41) is 2.86. The number of benzene rings is 2. The summed E-state index contributed by atoms with van der Waals surface area (Å²) in [6, 6.07) is 13.0. The molecule has 5 rings (SSSR count). The number of carbonyl (C=O) groups is 1. The van der Waals surface area contributed by atoms with Crippen molar-refractivity contribution < 1.29 is 13.2 Å². The van der Waals surface area contributed by atoms with E-state index in [2.05, 4.69) is 15.3 Å². The summed E-state index contributed by atoms with van der Waals surface area (Å²) in [4.78, 5) is 20.1. The molecule has 0 spiro atoms. The molecule has 2 aliphatic heterocycles. The van der Waals surface area contributed by atoms with Gasteiger partial charge in [-0.2, -0.15) is 4.31 Å². The lowest BCUT2D eigenvalue weighted by Gasteiger charge is -2.30. The Morgan fingerprint density at radius 1 is 1.03 bits per heavy atom. The predicted octanol–water partition coefficient (Wildman–Crippen LogP) is 3.41. The van der Waals surface area contributed by atoms with Gasteiger partial charge in [0.1, 0.15) is 5.82 Å². The molecular formula is C22H24N4O3S. The van der Waals surface area contributed by atoms with Crippen molar-refractivity contribution in [2.24, 2.45) is 0 Å². The van der Waals surface area contributed by atoms with E-state index in [1.54, 1.807) is 22.5 Å². The summed E-state index contributed by atoms with van der Waals surface area (Å²) >= 11 is 0. The van der Waals surface area contributed by atoms with Crippen molar-refractivity contribution in [1.82, 2.24) is 14.3 Å². The van der Waals surface area contributed by atoms with E-state index in [-0.39, 0.29) is 11.8 Å². The molecule has 0 radical (unpaired) electrons. The minimum absolute atomic E-state index is 0.0167. The van der Waals surface area contributed by atoms with Gasteiger partial charge in [-0.05, 0) is 61.6 Å². The van der Waals surface area contributed by atoms with Gasteiger partial charge >= 0.3 is 0 Å². The van der Waals surface area contributed by atoms with E-state index in [1.165, 1.54) is 0 Å². The van der Waals surface area contributed by atoms with Crippen molar-refractivity contribution in [2.75, 3.05) is 18.4 Å². The quantitative estimate of drug-likeness (QED) is 0.674.